The summed E-state index contributed by atoms with van der Waals surface area (Å²) in [5.41, 5.74) is 8.67. The summed E-state index contributed by atoms with van der Waals surface area (Å²) in [5, 5.41) is 13.7. The third-order valence-corrected chi connectivity index (χ3v) is 2.86. The van der Waals surface area contributed by atoms with E-state index in [0.717, 1.165) is 11.1 Å². The van der Waals surface area contributed by atoms with E-state index in [1.54, 1.807) is 0 Å². The van der Waals surface area contributed by atoms with Gasteiger partial charge >= 0.3 is 0 Å². The van der Waals surface area contributed by atoms with Crippen LogP contribution in [0.5, 0.6) is 11.5 Å². The summed E-state index contributed by atoms with van der Waals surface area (Å²) in [7, 11) is 1.50. The molecule has 5 heteroatoms. The number of phenolic OH excluding ortho intramolecular Hbond substituents is 1. The first-order valence-corrected chi connectivity index (χ1v) is 5.14. The molecule has 1 aromatic heterocycles. The first-order chi connectivity index (χ1) is 8.06. The molecule has 0 aliphatic heterocycles. The van der Waals surface area contributed by atoms with E-state index < -0.39 is 0 Å². The van der Waals surface area contributed by atoms with Gasteiger partial charge in [0.1, 0.15) is 0 Å². The van der Waals surface area contributed by atoms with Gasteiger partial charge in [-0.1, -0.05) is 5.16 Å². The maximum atomic E-state index is 10.0. The van der Waals surface area contributed by atoms with E-state index in [9.17, 15) is 5.11 Å². The summed E-state index contributed by atoms with van der Waals surface area (Å²) in [6.45, 7) is 3.73. The van der Waals surface area contributed by atoms with Gasteiger partial charge in [-0.05, 0) is 31.0 Å². The summed E-state index contributed by atoms with van der Waals surface area (Å²) in [6, 6.07) is 1.89. The zero-order chi connectivity index (χ0) is 12.6. The van der Waals surface area contributed by atoms with Crippen LogP contribution in [0.15, 0.2) is 16.8 Å². The molecule has 0 aliphatic rings. The molecule has 0 spiro atoms. The first-order valence-electron chi connectivity index (χ1n) is 5.14. The lowest BCUT2D eigenvalue weighted by atomic mass is 9.99. The summed E-state index contributed by atoms with van der Waals surface area (Å²) >= 11 is 0. The van der Waals surface area contributed by atoms with Crippen LogP contribution in [0, 0.1) is 13.8 Å². The second-order valence-electron chi connectivity index (χ2n) is 3.85. The summed E-state index contributed by atoms with van der Waals surface area (Å²) in [6.07, 6.45) is 1.50. The predicted octanol–water partition coefficient (Wildman–Crippen LogP) is 2.25. The van der Waals surface area contributed by atoms with E-state index in [2.05, 4.69) is 5.16 Å². The van der Waals surface area contributed by atoms with Crippen molar-refractivity contribution in [2.75, 3.05) is 12.8 Å². The fourth-order valence-electron chi connectivity index (χ4n) is 1.73. The molecule has 2 aromatic rings. The molecule has 0 amide bonds. The molecular formula is C12H14N2O3. The van der Waals surface area contributed by atoms with Gasteiger partial charge in [-0.3, -0.25) is 0 Å². The van der Waals surface area contributed by atoms with E-state index in [-0.39, 0.29) is 11.6 Å². The van der Waals surface area contributed by atoms with E-state index >= 15 is 0 Å². The van der Waals surface area contributed by atoms with Crippen LogP contribution in [-0.4, -0.2) is 17.4 Å². The highest BCUT2D eigenvalue weighted by molar-refractivity contribution is 5.80. The number of rotatable bonds is 2. The first kappa shape index (κ1) is 11.3. The van der Waals surface area contributed by atoms with Crippen LogP contribution < -0.4 is 10.5 Å². The largest absolute Gasteiger partial charge is 0.504 e. The molecule has 2 rings (SSSR count). The average molecular weight is 234 g/mol. The van der Waals surface area contributed by atoms with E-state index in [1.807, 2.05) is 19.9 Å². The van der Waals surface area contributed by atoms with Crippen molar-refractivity contribution in [1.82, 2.24) is 5.16 Å². The molecule has 90 valence electrons. The molecule has 0 fully saturated rings. The van der Waals surface area contributed by atoms with Gasteiger partial charge in [-0.25, -0.2) is 0 Å². The van der Waals surface area contributed by atoms with Gasteiger partial charge in [0.05, 0.1) is 18.9 Å². The number of ether oxygens (including phenoxy) is 1. The Balaban J connectivity index is 2.74. The fraction of sp³-hybridized carbons (Fsp3) is 0.250. The third-order valence-electron chi connectivity index (χ3n) is 2.86. The smallest absolute Gasteiger partial charge is 0.230 e. The van der Waals surface area contributed by atoms with Crippen molar-refractivity contribution < 1.29 is 14.4 Å². The lowest BCUT2D eigenvalue weighted by Crippen LogP contribution is -1.94. The van der Waals surface area contributed by atoms with Crippen molar-refractivity contribution >= 4 is 5.88 Å². The minimum Gasteiger partial charge on any atom is -0.504 e. The van der Waals surface area contributed by atoms with Crippen LogP contribution in [0.2, 0.25) is 0 Å². The van der Waals surface area contributed by atoms with Crippen molar-refractivity contribution in [3.63, 3.8) is 0 Å². The molecule has 1 heterocycles. The third kappa shape index (κ3) is 1.69. The van der Waals surface area contributed by atoms with Crippen LogP contribution in [0.3, 0.4) is 0 Å². The van der Waals surface area contributed by atoms with Gasteiger partial charge < -0.3 is 20.1 Å². The van der Waals surface area contributed by atoms with E-state index in [0.29, 0.717) is 16.9 Å². The molecule has 0 saturated heterocycles. The second kappa shape index (κ2) is 4.01. The molecule has 3 N–H and O–H groups in total. The normalized spacial score (nSPS) is 10.5. The Morgan fingerprint density at radius 1 is 1.35 bits per heavy atom. The summed E-state index contributed by atoms with van der Waals surface area (Å²) in [4.78, 5) is 0. The topological polar surface area (TPSA) is 81.5 Å². The minimum absolute atomic E-state index is 0.114. The van der Waals surface area contributed by atoms with Crippen LogP contribution >= 0.6 is 0 Å². The number of methoxy groups -OCH3 is 1. The van der Waals surface area contributed by atoms with Gasteiger partial charge in [0.25, 0.3) is 0 Å². The van der Waals surface area contributed by atoms with Gasteiger partial charge in [0.15, 0.2) is 11.5 Å². The Bertz CT molecular complexity index is 561. The number of nitrogen functional groups attached to an aromatic ring is 1. The maximum Gasteiger partial charge on any atom is 0.230 e. The van der Waals surface area contributed by atoms with Gasteiger partial charge in [-0.2, -0.15) is 0 Å². The van der Waals surface area contributed by atoms with Crippen molar-refractivity contribution in [1.29, 1.82) is 0 Å². The molecule has 0 bridgehead atoms. The number of nitrogens with zero attached hydrogens (tertiary/aromatic N) is 1. The van der Waals surface area contributed by atoms with Crippen molar-refractivity contribution in [2.45, 2.75) is 13.8 Å². The van der Waals surface area contributed by atoms with Gasteiger partial charge in [0.2, 0.25) is 5.88 Å². The monoisotopic (exact) mass is 234 g/mol. The van der Waals surface area contributed by atoms with Crippen molar-refractivity contribution in [2.24, 2.45) is 0 Å². The van der Waals surface area contributed by atoms with E-state index in [4.69, 9.17) is 15.0 Å². The maximum absolute atomic E-state index is 10.0. The summed E-state index contributed by atoms with van der Waals surface area (Å²) in [5.74, 6) is 0.692. The quantitative estimate of drug-likeness (QED) is 0.832. The van der Waals surface area contributed by atoms with Crippen molar-refractivity contribution in [3.05, 3.63) is 23.4 Å². The molecule has 5 nitrogen and oxygen atoms in total. The molecule has 1 aromatic carbocycles. The molecule has 0 radical (unpaired) electrons. The van der Waals surface area contributed by atoms with Gasteiger partial charge in [0, 0.05) is 5.56 Å². The Labute approximate surface area is 98.8 Å². The number of hydrogen-bond donors (Lipinski definition) is 2. The van der Waals surface area contributed by atoms with Crippen LogP contribution in [0.25, 0.3) is 11.1 Å². The van der Waals surface area contributed by atoms with Crippen molar-refractivity contribution in [3.8, 4) is 22.6 Å². The molecule has 0 unspecified atom stereocenters. The lowest BCUT2D eigenvalue weighted by molar-refractivity contribution is 0.373. The Hall–Kier alpha value is -2.17. The number of anilines is 1. The number of aryl methyl sites for hydroxylation is 1. The fourth-order valence-corrected chi connectivity index (χ4v) is 1.73. The van der Waals surface area contributed by atoms with E-state index in [1.165, 1.54) is 13.3 Å². The molecular weight excluding hydrogens is 220 g/mol. The standard InChI is InChI=1S/C12H14N2O3/c1-6-4-8(9-5-14-17-12(9)13)11(16-3)10(15)7(6)2/h4-5,15H,13H2,1-3H3. The number of nitrogens with two attached hydrogens (primary N) is 1. The number of aromatic hydroxyl groups is 1. The number of phenols is 1. The number of hydrogen-bond acceptors (Lipinski definition) is 5. The number of benzene rings is 1. The average Bonchev–Trinajstić information content (AvgIpc) is 2.72. The molecule has 0 saturated carbocycles. The molecule has 0 aliphatic carbocycles. The number of aromatic nitrogens is 1. The van der Waals surface area contributed by atoms with Crippen LogP contribution in [-0.2, 0) is 0 Å². The summed E-state index contributed by atoms with van der Waals surface area (Å²) < 4.78 is 10.0. The highest BCUT2D eigenvalue weighted by Crippen LogP contribution is 2.42. The zero-order valence-corrected chi connectivity index (χ0v) is 9.94. The molecule has 17 heavy (non-hydrogen) atoms. The Morgan fingerprint density at radius 3 is 2.59 bits per heavy atom. The zero-order valence-electron chi connectivity index (χ0n) is 9.94. The molecule has 0 atom stereocenters. The minimum atomic E-state index is 0.114. The highest BCUT2D eigenvalue weighted by atomic mass is 16.5. The van der Waals surface area contributed by atoms with Crippen LogP contribution in [0.4, 0.5) is 5.88 Å². The lowest BCUT2D eigenvalue weighted by Gasteiger charge is -2.13. The Morgan fingerprint density at radius 2 is 2.06 bits per heavy atom. The Kier molecular flexibility index (Phi) is 2.67. The SMILES string of the molecule is COc1c(-c2cnoc2N)cc(C)c(C)c1O. The van der Waals surface area contributed by atoms with Crippen LogP contribution in [0.1, 0.15) is 11.1 Å². The highest BCUT2D eigenvalue weighted by Gasteiger charge is 2.18. The predicted molar refractivity (Wildman–Crippen MR) is 64.0 cm³/mol. The van der Waals surface area contributed by atoms with Gasteiger partial charge in [-0.15, -0.1) is 0 Å². The second-order valence-corrected chi connectivity index (χ2v) is 3.85.